The van der Waals surface area contributed by atoms with Gasteiger partial charge in [0.2, 0.25) is 0 Å². The van der Waals surface area contributed by atoms with Crippen LogP contribution in [0.3, 0.4) is 0 Å². The summed E-state index contributed by atoms with van der Waals surface area (Å²) in [5, 5.41) is 7.03. The molecule has 2 aromatic rings. The lowest BCUT2D eigenvalue weighted by atomic mass is 10.1. The second-order valence-electron chi connectivity index (χ2n) is 3.91. The van der Waals surface area contributed by atoms with E-state index in [9.17, 15) is 0 Å². The van der Waals surface area contributed by atoms with E-state index in [-0.39, 0.29) is 6.04 Å². The van der Waals surface area contributed by atoms with Gasteiger partial charge in [0.1, 0.15) is 0 Å². The molecule has 0 fully saturated rings. The Kier molecular flexibility index (Phi) is 3.92. The van der Waals surface area contributed by atoms with E-state index in [2.05, 4.69) is 21.0 Å². The van der Waals surface area contributed by atoms with Gasteiger partial charge in [-0.25, -0.2) is 0 Å². The van der Waals surface area contributed by atoms with E-state index in [0.717, 1.165) is 25.8 Å². The highest BCUT2D eigenvalue weighted by Crippen LogP contribution is 2.31. The fourth-order valence-corrected chi connectivity index (χ4v) is 3.68. The van der Waals surface area contributed by atoms with E-state index >= 15 is 0 Å². The number of aryl methyl sites for hydroxylation is 2. The van der Waals surface area contributed by atoms with Crippen LogP contribution in [-0.2, 0) is 13.5 Å². The van der Waals surface area contributed by atoms with Crippen molar-refractivity contribution in [1.82, 2.24) is 9.78 Å². The maximum Gasteiger partial charge on any atom is 0.0847 e. The lowest BCUT2D eigenvalue weighted by Gasteiger charge is -2.11. The maximum absolute atomic E-state index is 6.21. The van der Waals surface area contributed by atoms with Crippen LogP contribution in [0.25, 0.3) is 0 Å². The fraction of sp³-hybridized carbons (Fsp3) is 0.364. The van der Waals surface area contributed by atoms with E-state index in [0.29, 0.717) is 6.42 Å². The van der Waals surface area contributed by atoms with Crippen molar-refractivity contribution in [3.63, 3.8) is 0 Å². The molecule has 2 heterocycles. The fourth-order valence-electron chi connectivity index (χ4n) is 1.77. The summed E-state index contributed by atoms with van der Waals surface area (Å²) in [5.74, 6) is 0. The van der Waals surface area contributed by atoms with Crippen LogP contribution in [0.5, 0.6) is 0 Å². The van der Waals surface area contributed by atoms with Crippen molar-refractivity contribution < 1.29 is 0 Å². The highest BCUT2D eigenvalue weighted by molar-refractivity contribution is 9.10. The van der Waals surface area contributed by atoms with Crippen molar-refractivity contribution in [2.24, 2.45) is 12.8 Å². The Labute approximate surface area is 118 Å². The van der Waals surface area contributed by atoms with E-state index in [1.807, 2.05) is 25.4 Å². The van der Waals surface area contributed by atoms with Crippen LogP contribution < -0.4 is 5.73 Å². The molecule has 92 valence electrons. The minimum absolute atomic E-state index is 0.0586. The largest absolute Gasteiger partial charge is 0.323 e. The molecule has 6 heteroatoms. The topological polar surface area (TPSA) is 43.8 Å². The molecule has 1 atom stereocenters. The second kappa shape index (κ2) is 5.10. The normalized spacial score (nSPS) is 13.0. The van der Waals surface area contributed by atoms with Crippen molar-refractivity contribution in [3.05, 3.63) is 37.2 Å². The smallest absolute Gasteiger partial charge is 0.0847 e. The highest BCUT2D eigenvalue weighted by Gasteiger charge is 2.18. The minimum Gasteiger partial charge on any atom is -0.323 e. The summed E-state index contributed by atoms with van der Waals surface area (Å²) in [6, 6.07) is 1.95. The molecule has 0 bridgehead atoms. The molecule has 2 aromatic heterocycles. The number of thiophene rings is 1. The Morgan fingerprint density at radius 1 is 1.65 bits per heavy atom. The molecule has 3 nitrogen and oxygen atoms in total. The average Bonchev–Trinajstić information content (AvgIpc) is 2.78. The monoisotopic (exact) mass is 333 g/mol. The molecule has 0 aliphatic heterocycles. The Balaban J connectivity index is 2.24. The van der Waals surface area contributed by atoms with Gasteiger partial charge in [-0.15, -0.1) is 11.3 Å². The van der Waals surface area contributed by atoms with Crippen molar-refractivity contribution in [2.45, 2.75) is 19.4 Å². The number of nitrogens with zero attached hydrogens (tertiary/aromatic N) is 2. The number of halogens is 2. The molecule has 1 unspecified atom stereocenters. The van der Waals surface area contributed by atoms with Gasteiger partial charge in [0.15, 0.2) is 0 Å². The SMILES string of the molecule is Cc1nn(C)c(CC(N)c2sccc2Br)c1Cl. The summed E-state index contributed by atoms with van der Waals surface area (Å²) in [7, 11) is 1.89. The summed E-state index contributed by atoms with van der Waals surface area (Å²) < 4.78 is 2.86. The van der Waals surface area contributed by atoms with Crippen molar-refractivity contribution in [2.75, 3.05) is 0 Å². The summed E-state index contributed by atoms with van der Waals surface area (Å²) in [4.78, 5) is 1.14. The molecule has 0 saturated carbocycles. The molecule has 2 rings (SSSR count). The van der Waals surface area contributed by atoms with Crippen LogP contribution in [0.4, 0.5) is 0 Å². The first-order valence-electron chi connectivity index (χ1n) is 5.17. The third-order valence-corrected chi connectivity index (χ3v) is 5.15. The average molecular weight is 335 g/mol. The summed E-state index contributed by atoms with van der Waals surface area (Å²) >= 11 is 11.4. The van der Waals surface area contributed by atoms with Crippen LogP contribution in [0.2, 0.25) is 5.02 Å². The number of hydrogen-bond acceptors (Lipinski definition) is 3. The van der Waals surface area contributed by atoms with Crippen LogP contribution in [0.15, 0.2) is 15.9 Å². The molecule has 0 saturated heterocycles. The van der Waals surface area contributed by atoms with Crippen molar-refractivity contribution >= 4 is 38.9 Å². The summed E-state index contributed by atoms with van der Waals surface area (Å²) in [5.41, 5.74) is 8.03. The Hall–Kier alpha value is -0.360. The number of aromatic nitrogens is 2. The van der Waals surface area contributed by atoms with Gasteiger partial charge in [-0.1, -0.05) is 11.6 Å². The first-order valence-corrected chi connectivity index (χ1v) is 7.22. The zero-order valence-electron chi connectivity index (χ0n) is 9.58. The Morgan fingerprint density at radius 2 is 2.35 bits per heavy atom. The van der Waals surface area contributed by atoms with Gasteiger partial charge < -0.3 is 5.73 Å². The lowest BCUT2D eigenvalue weighted by Crippen LogP contribution is -2.14. The number of hydrogen-bond donors (Lipinski definition) is 1. The first kappa shape index (κ1) is 13.1. The van der Waals surface area contributed by atoms with Crippen LogP contribution >= 0.6 is 38.9 Å². The molecule has 17 heavy (non-hydrogen) atoms. The highest BCUT2D eigenvalue weighted by atomic mass is 79.9. The summed E-state index contributed by atoms with van der Waals surface area (Å²) in [6.45, 7) is 1.90. The third-order valence-electron chi connectivity index (χ3n) is 2.66. The van der Waals surface area contributed by atoms with Gasteiger partial charge in [-0.3, -0.25) is 4.68 Å². The summed E-state index contributed by atoms with van der Waals surface area (Å²) in [6.07, 6.45) is 0.690. The van der Waals surface area contributed by atoms with Crippen LogP contribution in [-0.4, -0.2) is 9.78 Å². The molecular formula is C11H13BrClN3S. The van der Waals surface area contributed by atoms with Crippen molar-refractivity contribution in [1.29, 1.82) is 0 Å². The van der Waals surface area contributed by atoms with E-state index in [1.165, 1.54) is 0 Å². The lowest BCUT2D eigenvalue weighted by molar-refractivity contribution is 0.644. The molecule has 2 N–H and O–H groups in total. The number of rotatable bonds is 3. The van der Waals surface area contributed by atoms with Gasteiger partial charge in [-0.2, -0.15) is 5.10 Å². The molecule has 0 aliphatic rings. The molecule has 0 amide bonds. The van der Waals surface area contributed by atoms with Gasteiger partial charge in [0, 0.05) is 28.9 Å². The van der Waals surface area contributed by atoms with E-state index < -0.39 is 0 Å². The van der Waals surface area contributed by atoms with Gasteiger partial charge in [-0.05, 0) is 34.3 Å². The molecule has 0 radical (unpaired) electrons. The van der Waals surface area contributed by atoms with Gasteiger partial charge >= 0.3 is 0 Å². The first-order chi connectivity index (χ1) is 8.00. The van der Waals surface area contributed by atoms with Gasteiger partial charge in [0.25, 0.3) is 0 Å². The molecule has 0 aromatic carbocycles. The predicted molar refractivity (Wildman–Crippen MR) is 75.6 cm³/mol. The van der Waals surface area contributed by atoms with Crippen LogP contribution in [0.1, 0.15) is 22.3 Å². The Morgan fingerprint density at radius 3 is 2.82 bits per heavy atom. The Bertz CT molecular complexity index is 535. The standard InChI is InChI=1S/C11H13BrClN3S/c1-6-10(13)9(16(2)15-6)5-8(14)11-7(12)3-4-17-11/h3-4,8H,5,14H2,1-2H3. The number of nitrogens with two attached hydrogens (primary N) is 1. The quantitative estimate of drug-likeness (QED) is 0.934. The minimum atomic E-state index is -0.0586. The maximum atomic E-state index is 6.21. The molecule has 0 spiro atoms. The zero-order valence-corrected chi connectivity index (χ0v) is 12.7. The van der Waals surface area contributed by atoms with E-state index in [1.54, 1.807) is 16.0 Å². The molecule has 0 aliphatic carbocycles. The second-order valence-corrected chi connectivity index (χ2v) is 6.09. The predicted octanol–water partition coefficient (Wildman–Crippen LogP) is 3.45. The van der Waals surface area contributed by atoms with Crippen LogP contribution in [0, 0.1) is 6.92 Å². The van der Waals surface area contributed by atoms with E-state index in [4.69, 9.17) is 17.3 Å². The van der Waals surface area contributed by atoms with Gasteiger partial charge in [0.05, 0.1) is 16.4 Å². The molecular weight excluding hydrogens is 322 g/mol. The van der Waals surface area contributed by atoms with Crippen molar-refractivity contribution in [3.8, 4) is 0 Å². The zero-order chi connectivity index (χ0) is 12.6. The third kappa shape index (κ3) is 2.57.